The molecule has 31 valence electrons. The second kappa shape index (κ2) is 4.58. The van der Waals surface area contributed by atoms with Crippen LogP contribution in [0.15, 0.2) is 0 Å². The predicted molar refractivity (Wildman–Crippen MR) is 20.5 cm³/mol. The molecule has 1 radical (unpaired) electrons. The van der Waals surface area contributed by atoms with Gasteiger partial charge in [-0.15, -0.1) is 0 Å². The molecule has 0 saturated carbocycles. The normalized spacial score (nSPS) is 7.20. The van der Waals surface area contributed by atoms with Crippen LogP contribution in [0.3, 0.4) is 0 Å². The van der Waals surface area contributed by atoms with Gasteiger partial charge in [0.1, 0.15) is 0 Å². The van der Waals surface area contributed by atoms with Crippen molar-refractivity contribution in [3.63, 3.8) is 0 Å². The van der Waals surface area contributed by atoms with Gasteiger partial charge in [0.15, 0.2) is 0 Å². The maximum Gasteiger partial charge on any atom is 0 e. The van der Waals surface area contributed by atoms with Gasteiger partial charge in [0.2, 0.25) is 0 Å². The van der Waals surface area contributed by atoms with E-state index in [0.717, 1.165) is 5.92 Å². The summed E-state index contributed by atoms with van der Waals surface area (Å²) in [6.45, 7) is 6.50. The summed E-state index contributed by atoms with van der Waals surface area (Å²) >= 11 is 0. The van der Waals surface area contributed by atoms with Crippen LogP contribution in [0.2, 0.25) is 0 Å². The Hall–Kier alpha value is 0.584. The van der Waals surface area contributed by atoms with E-state index in [9.17, 15) is 0 Å². The first kappa shape index (κ1) is 9.14. The van der Waals surface area contributed by atoms with E-state index in [1.165, 1.54) is 0 Å². The maximum absolute atomic E-state index is 2.17. The minimum atomic E-state index is 0. The molecule has 1 heteroatoms. The number of hydrogen-bond donors (Lipinski definition) is 0. The van der Waals surface area contributed by atoms with Crippen molar-refractivity contribution in [2.45, 2.75) is 20.8 Å². The molecule has 0 atom stereocenters. The summed E-state index contributed by atoms with van der Waals surface area (Å²) in [5.74, 6) is 0.833. The molecule has 0 aromatic rings. The van der Waals surface area contributed by atoms with Crippen molar-refractivity contribution >= 4 is 0 Å². The third-order valence-corrected chi connectivity index (χ3v) is 0. The molecule has 0 N–H and O–H groups in total. The molecule has 0 rings (SSSR count). The van der Waals surface area contributed by atoms with Gasteiger partial charge < -0.3 is 0 Å². The fourth-order valence-electron chi connectivity index (χ4n) is 0. The van der Waals surface area contributed by atoms with Crippen LogP contribution < -0.4 is 0 Å². The minimum absolute atomic E-state index is 0. The van der Waals surface area contributed by atoms with E-state index in [1.54, 1.807) is 0 Å². The van der Waals surface area contributed by atoms with Crippen molar-refractivity contribution in [1.82, 2.24) is 0 Å². The number of hydrogen-bond acceptors (Lipinski definition) is 0. The van der Waals surface area contributed by atoms with Crippen LogP contribution in [0.4, 0.5) is 0 Å². The molecule has 5 heavy (non-hydrogen) atoms. The molecule has 0 fully saturated rings. The maximum atomic E-state index is 2.17. The van der Waals surface area contributed by atoms with Crippen LogP contribution >= 0.6 is 0 Å². The standard InChI is InChI=1S/C4H10.V/c1-4(2)3;/h4H,1-3H3;. The first-order valence-electron chi connectivity index (χ1n) is 1.73. The Morgan fingerprint density at radius 1 is 1.00 bits per heavy atom. The van der Waals surface area contributed by atoms with E-state index in [0.29, 0.717) is 0 Å². The van der Waals surface area contributed by atoms with Gasteiger partial charge in [-0.2, -0.15) is 0 Å². The van der Waals surface area contributed by atoms with E-state index < -0.39 is 0 Å². The summed E-state index contributed by atoms with van der Waals surface area (Å²) in [7, 11) is 0. The monoisotopic (exact) mass is 109 g/mol. The third kappa shape index (κ3) is 89.7. The van der Waals surface area contributed by atoms with Crippen molar-refractivity contribution in [1.29, 1.82) is 0 Å². The van der Waals surface area contributed by atoms with Gasteiger partial charge in [0, 0.05) is 18.6 Å². The van der Waals surface area contributed by atoms with Gasteiger partial charge in [0.05, 0.1) is 0 Å². The van der Waals surface area contributed by atoms with Crippen LogP contribution in [0.5, 0.6) is 0 Å². The van der Waals surface area contributed by atoms with Crippen molar-refractivity contribution in [3.8, 4) is 0 Å². The minimum Gasteiger partial charge on any atom is -0.0630 e. The zero-order valence-electron chi connectivity index (χ0n) is 4.02. The summed E-state index contributed by atoms with van der Waals surface area (Å²) in [5.41, 5.74) is 0. The average molecular weight is 109 g/mol. The van der Waals surface area contributed by atoms with Crippen molar-refractivity contribution in [2.24, 2.45) is 5.92 Å². The molecule has 0 aliphatic heterocycles. The van der Waals surface area contributed by atoms with Crippen molar-refractivity contribution in [3.05, 3.63) is 0 Å². The number of rotatable bonds is 0. The van der Waals surface area contributed by atoms with Gasteiger partial charge >= 0.3 is 0 Å². The van der Waals surface area contributed by atoms with Crippen molar-refractivity contribution < 1.29 is 18.6 Å². The van der Waals surface area contributed by atoms with E-state index in [4.69, 9.17) is 0 Å². The Labute approximate surface area is 45.8 Å². The predicted octanol–water partition coefficient (Wildman–Crippen LogP) is 1.66. The molecular weight excluding hydrogens is 99.0 g/mol. The smallest absolute Gasteiger partial charge is 0 e. The van der Waals surface area contributed by atoms with E-state index >= 15 is 0 Å². The molecule has 0 saturated heterocycles. The topological polar surface area (TPSA) is 0 Å². The quantitative estimate of drug-likeness (QED) is 0.443. The summed E-state index contributed by atoms with van der Waals surface area (Å²) < 4.78 is 0. The van der Waals surface area contributed by atoms with Crippen LogP contribution in [0.1, 0.15) is 20.8 Å². The van der Waals surface area contributed by atoms with Gasteiger partial charge in [-0.05, 0) is 5.92 Å². The molecule has 0 spiro atoms. The van der Waals surface area contributed by atoms with Gasteiger partial charge in [-0.1, -0.05) is 20.8 Å². The van der Waals surface area contributed by atoms with E-state index in [1.807, 2.05) is 0 Å². The molecule has 0 aromatic carbocycles. The molecule has 0 nitrogen and oxygen atoms in total. The molecule has 0 amide bonds. The van der Waals surface area contributed by atoms with E-state index in [2.05, 4.69) is 20.8 Å². The average Bonchev–Trinajstić information content (AvgIpc) is 0.811. The zero-order valence-corrected chi connectivity index (χ0v) is 5.42. The van der Waals surface area contributed by atoms with Crippen LogP contribution in [0, 0.1) is 5.92 Å². The molecular formula is C4H10V. The Bertz CT molecular complexity index is 8.36. The molecule has 0 aliphatic carbocycles. The fraction of sp³-hybridized carbons (Fsp3) is 1.00. The molecule has 0 bridgehead atoms. The molecule has 0 aliphatic rings. The third-order valence-electron chi connectivity index (χ3n) is 0. The van der Waals surface area contributed by atoms with E-state index in [-0.39, 0.29) is 18.6 Å². The summed E-state index contributed by atoms with van der Waals surface area (Å²) in [5, 5.41) is 0. The van der Waals surface area contributed by atoms with Crippen LogP contribution in [0.25, 0.3) is 0 Å². The largest absolute Gasteiger partial charge is 0.0630 e. The summed E-state index contributed by atoms with van der Waals surface area (Å²) in [6, 6.07) is 0. The van der Waals surface area contributed by atoms with Gasteiger partial charge in [-0.25, -0.2) is 0 Å². The zero-order chi connectivity index (χ0) is 3.58. The molecule has 0 aromatic heterocycles. The first-order chi connectivity index (χ1) is 1.73. The Balaban J connectivity index is 0. The molecule has 0 unspecified atom stereocenters. The summed E-state index contributed by atoms with van der Waals surface area (Å²) in [4.78, 5) is 0. The second-order valence-electron chi connectivity index (χ2n) is 1.73. The van der Waals surface area contributed by atoms with Gasteiger partial charge in [-0.3, -0.25) is 0 Å². The Morgan fingerprint density at radius 2 is 1.00 bits per heavy atom. The Kier molecular flexibility index (Phi) is 8.38. The van der Waals surface area contributed by atoms with Crippen molar-refractivity contribution in [2.75, 3.05) is 0 Å². The van der Waals surface area contributed by atoms with Crippen LogP contribution in [-0.4, -0.2) is 0 Å². The fourth-order valence-corrected chi connectivity index (χ4v) is 0. The molecule has 0 heterocycles. The first-order valence-corrected chi connectivity index (χ1v) is 1.73. The Morgan fingerprint density at radius 3 is 1.00 bits per heavy atom. The van der Waals surface area contributed by atoms with Gasteiger partial charge in [0.25, 0.3) is 0 Å². The SMILES string of the molecule is CC(C)C.[V]. The van der Waals surface area contributed by atoms with Crippen LogP contribution in [-0.2, 0) is 18.6 Å². The second-order valence-corrected chi connectivity index (χ2v) is 1.73. The summed E-state index contributed by atoms with van der Waals surface area (Å²) in [6.07, 6.45) is 0.